The smallest absolute Gasteiger partial charge is 0.294 e. The lowest BCUT2D eigenvalue weighted by Crippen LogP contribution is -2.36. The van der Waals surface area contributed by atoms with Crippen LogP contribution in [0.2, 0.25) is 0 Å². The summed E-state index contributed by atoms with van der Waals surface area (Å²) >= 11 is 0.802. The van der Waals surface area contributed by atoms with Crippen molar-refractivity contribution in [2.75, 3.05) is 11.9 Å². The highest BCUT2D eigenvalue weighted by Gasteiger charge is 2.36. The van der Waals surface area contributed by atoms with E-state index in [0.717, 1.165) is 49.8 Å². The van der Waals surface area contributed by atoms with E-state index in [1.54, 1.807) is 18.2 Å². The molecule has 3 aromatic carbocycles. The van der Waals surface area contributed by atoms with Crippen molar-refractivity contribution in [1.29, 1.82) is 0 Å². The van der Waals surface area contributed by atoms with Gasteiger partial charge in [-0.1, -0.05) is 42.5 Å². The van der Waals surface area contributed by atoms with Crippen molar-refractivity contribution in [3.8, 4) is 0 Å². The quantitative estimate of drug-likeness (QED) is 0.178. The van der Waals surface area contributed by atoms with E-state index >= 15 is 0 Å². The number of nitrogens with one attached hydrogen (secondary N) is 1. The van der Waals surface area contributed by atoms with Crippen LogP contribution in [0, 0.1) is 24.0 Å². The molecule has 0 bridgehead atoms. The molecule has 1 N–H and O–H groups in total. The van der Waals surface area contributed by atoms with Crippen LogP contribution in [-0.2, 0) is 16.1 Å². The van der Waals surface area contributed by atoms with Crippen LogP contribution in [-0.4, -0.2) is 38.0 Å². The lowest BCUT2D eigenvalue weighted by Gasteiger charge is -2.14. The Kier molecular flexibility index (Phi) is 7.03. The molecule has 1 aromatic heterocycles. The van der Waals surface area contributed by atoms with Crippen molar-refractivity contribution in [3.05, 3.63) is 110 Å². The number of nitro groups is 1. The maximum atomic E-state index is 13.1. The van der Waals surface area contributed by atoms with Crippen LogP contribution >= 0.6 is 11.8 Å². The van der Waals surface area contributed by atoms with Crippen molar-refractivity contribution < 1.29 is 19.3 Å². The minimum atomic E-state index is -0.520. The highest BCUT2D eigenvalue weighted by molar-refractivity contribution is 8.18. The molecule has 2 heterocycles. The predicted molar refractivity (Wildman–Crippen MR) is 151 cm³/mol. The van der Waals surface area contributed by atoms with Crippen molar-refractivity contribution in [2.24, 2.45) is 0 Å². The third-order valence-electron chi connectivity index (χ3n) is 6.45. The molecule has 39 heavy (non-hydrogen) atoms. The Morgan fingerprint density at radius 1 is 1.05 bits per heavy atom. The zero-order valence-electron chi connectivity index (χ0n) is 21.2. The van der Waals surface area contributed by atoms with E-state index < -0.39 is 22.0 Å². The number of hydrogen-bond acceptors (Lipinski definition) is 6. The van der Waals surface area contributed by atoms with Crippen molar-refractivity contribution in [3.63, 3.8) is 0 Å². The first kappa shape index (κ1) is 25.9. The molecule has 1 saturated heterocycles. The number of rotatable bonds is 7. The molecule has 0 radical (unpaired) electrons. The number of aromatic nitrogens is 1. The van der Waals surface area contributed by atoms with Gasteiger partial charge in [-0.2, -0.15) is 0 Å². The largest absolute Gasteiger partial charge is 0.342 e. The van der Waals surface area contributed by atoms with Gasteiger partial charge in [0.1, 0.15) is 6.54 Å². The molecule has 3 amide bonds. The summed E-state index contributed by atoms with van der Waals surface area (Å²) in [7, 11) is 0. The topological polar surface area (TPSA) is 115 Å². The zero-order chi connectivity index (χ0) is 27.7. The number of hydrogen-bond donors (Lipinski definition) is 1. The molecule has 0 spiro atoms. The summed E-state index contributed by atoms with van der Waals surface area (Å²) in [6, 6.07) is 19.7. The number of para-hydroxylation sites is 1. The number of imide groups is 1. The average Bonchev–Trinajstić information content (AvgIpc) is 3.38. The molecule has 196 valence electrons. The van der Waals surface area contributed by atoms with E-state index in [-0.39, 0.29) is 17.1 Å². The fourth-order valence-corrected chi connectivity index (χ4v) is 5.25. The van der Waals surface area contributed by atoms with Crippen molar-refractivity contribution >= 4 is 57.2 Å². The van der Waals surface area contributed by atoms with E-state index in [0.29, 0.717) is 12.2 Å². The first-order valence-corrected chi connectivity index (χ1v) is 12.9. The van der Waals surface area contributed by atoms with Gasteiger partial charge in [-0.25, -0.2) is 0 Å². The number of nitro benzene ring substituents is 1. The summed E-state index contributed by atoms with van der Waals surface area (Å²) in [6.07, 6.45) is 3.55. The van der Waals surface area contributed by atoms with Gasteiger partial charge in [0, 0.05) is 47.0 Å². The van der Waals surface area contributed by atoms with Crippen LogP contribution in [0.3, 0.4) is 0 Å². The minimum absolute atomic E-state index is 0.0234. The van der Waals surface area contributed by atoms with Gasteiger partial charge in [0.2, 0.25) is 5.91 Å². The third kappa shape index (κ3) is 5.46. The standard InChI is InChI=1S/C29H24N4O5S/c1-18-7-8-19(2)24(13-18)30-27(34)17-32-28(35)26(39-29(32)36)14-21-16-31(25-6-4-3-5-23(21)25)15-20-9-11-22(12-10-20)33(37)38/h3-14,16H,15,17H2,1-2H3,(H,30,34)/b26-14-. The zero-order valence-corrected chi connectivity index (χ0v) is 22.0. The fraction of sp³-hybridized carbons (Fsp3) is 0.138. The number of thioether (sulfide) groups is 1. The summed E-state index contributed by atoms with van der Waals surface area (Å²) in [6.45, 7) is 3.87. The highest BCUT2D eigenvalue weighted by atomic mass is 32.2. The molecule has 1 fully saturated rings. The molecule has 9 nitrogen and oxygen atoms in total. The number of fused-ring (bicyclic) bond motifs is 1. The lowest BCUT2D eigenvalue weighted by atomic mass is 10.1. The Morgan fingerprint density at radius 3 is 2.54 bits per heavy atom. The molecule has 0 aliphatic carbocycles. The van der Waals surface area contributed by atoms with Crippen LogP contribution in [0.5, 0.6) is 0 Å². The summed E-state index contributed by atoms with van der Waals surface area (Å²) in [5.74, 6) is -0.972. The lowest BCUT2D eigenvalue weighted by molar-refractivity contribution is -0.384. The van der Waals surface area contributed by atoms with Gasteiger partial charge in [0.25, 0.3) is 16.8 Å². The second-order valence-corrected chi connectivity index (χ2v) is 10.3. The van der Waals surface area contributed by atoms with Gasteiger partial charge in [0.05, 0.1) is 9.83 Å². The van der Waals surface area contributed by atoms with E-state index in [9.17, 15) is 24.5 Å². The molecule has 1 aliphatic heterocycles. The number of carbonyl (C=O) groups excluding carboxylic acids is 3. The first-order valence-electron chi connectivity index (χ1n) is 12.1. The molecule has 4 aromatic rings. The number of amides is 3. The predicted octanol–water partition coefficient (Wildman–Crippen LogP) is 5.89. The van der Waals surface area contributed by atoms with Gasteiger partial charge in [-0.15, -0.1) is 0 Å². The SMILES string of the molecule is Cc1ccc(C)c(NC(=O)CN2C(=O)S/C(=C\c3cn(Cc4ccc([N+](=O)[O-])cc4)c4ccccc34)C2=O)c1. The van der Waals surface area contributed by atoms with Crippen molar-refractivity contribution in [1.82, 2.24) is 9.47 Å². The Morgan fingerprint density at radius 2 is 1.79 bits per heavy atom. The van der Waals surface area contributed by atoms with Crippen LogP contribution in [0.1, 0.15) is 22.3 Å². The van der Waals surface area contributed by atoms with Gasteiger partial charge in [-0.3, -0.25) is 29.4 Å². The normalized spacial score (nSPS) is 14.4. The monoisotopic (exact) mass is 540 g/mol. The van der Waals surface area contributed by atoms with E-state index in [1.807, 2.05) is 67.1 Å². The number of nitrogens with zero attached hydrogens (tertiary/aromatic N) is 3. The summed E-state index contributed by atoms with van der Waals surface area (Å²) < 4.78 is 1.99. The summed E-state index contributed by atoms with van der Waals surface area (Å²) in [5, 5.41) is 14.1. The molecule has 1 aliphatic rings. The van der Waals surface area contributed by atoms with Crippen LogP contribution in [0.15, 0.2) is 77.8 Å². The molecule has 10 heteroatoms. The molecular weight excluding hydrogens is 516 g/mol. The molecular formula is C29H24N4O5S. The molecule has 0 saturated carbocycles. The molecule has 0 unspecified atom stereocenters. The number of non-ortho nitro benzene ring substituents is 1. The molecule has 0 atom stereocenters. The maximum absolute atomic E-state index is 13.1. The highest BCUT2D eigenvalue weighted by Crippen LogP contribution is 2.34. The Bertz CT molecular complexity index is 1670. The van der Waals surface area contributed by atoms with Crippen molar-refractivity contribution in [2.45, 2.75) is 20.4 Å². The van der Waals surface area contributed by atoms with Crippen LogP contribution < -0.4 is 5.32 Å². The Hall–Kier alpha value is -4.70. The second-order valence-electron chi connectivity index (χ2n) is 9.29. The number of carbonyl (C=O) groups is 3. The third-order valence-corrected chi connectivity index (χ3v) is 7.36. The number of benzene rings is 3. The maximum Gasteiger partial charge on any atom is 0.294 e. The fourth-order valence-electron chi connectivity index (χ4n) is 4.42. The number of aryl methyl sites for hydroxylation is 2. The average molecular weight is 541 g/mol. The Balaban J connectivity index is 1.36. The Labute approximate surface area is 228 Å². The summed E-state index contributed by atoms with van der Waals surface area (Å²) in [4.78, 5) is 50.2. The molecule has 5 rings (SSSR count). The van der Waals surface area contributed by atoms with Crippen LogP contribution in [0.4, 0.5) is 16.2 Å². The van der Waals surface area contributed by atoms with Gasteiger partial charge < -0.3 is 9.88 Å². The van der Waals surface area contributed by atoms with Crippen LogP contribution in [0.25, 0.3) is 17.0 Å². The van der Waals surface area contributed by atoms with E-state index in [1.165, 1.54) is 12.1 Å². The summed E-state index contributed by atoms with van der Waals surface area (Å²) in [5.41, 5.74) is 5.07. The number of anilines is 1. The minimum Gasteiger partial charge on any atom is -0.342 e. The second kappa shape index (κ2) is 10.6. The van der Waals surface area contributed by atoms with E-state index in [2.05, 4.69) is 5.32 Å². The van der Waals surface area contributed by atoms with E-state index in [4.69, 9.17) is 0 Å². The first-order chi connectivity index (χ1) is 18.7. The van der Waals surface area contributed by atoms with Gasteiger partial charge in [-0.05, 0) is 60.5 Å². The van der Waals surface area contributed by atoms with Gasteiger partial charge >= 0.3 is 0 Å². The van der Waals surface area contributed by atoms with Gasteiger partial charge in [0.15, 0.2) is 0 Å².